The van der Waals surface area contributed by atoms with E-state index in [2.05, 4.69) is 35.6 Å². The number of aryl methyl sites for hydroxylation is 2. The molecule has 88 valence electrons. The second-order valence-electron chi connectivity index (χ2n) is 4.39. The van der Waals surface area contributed by atoms with Crippen LogP contribution in [0.15, 0.2) is 30.3 Å². The van der Waals surface area contributed by atoms with Gasteiger partial charge in [0.25, 0.3) is 0 Å². The van der Waals surface area contributed by atoms with Crippen LogP contribution in [0.5, 0.6) is 0 Å². The summed E-state index contributed by atoms with van der Waals surface area (Å²) in [6, 6.07) is 10.7. The first kappa shape index (κ1) is 10.9. The van der Waals surface area contributed by atoms with Crippen LogP contribution in [0.1, 0.15) is 21.1 Å². The third kappa shape index (κ3) is 2.56. The van der Waals surface area contributed by atoms with Crippen molar-refractivity contribution in [3.63, 3.8) is 0 Å². The maximum Gasteiger partial charge on any atom is 0.0934 e. The van der Waals surface area contributed by atoms with E-state index in [1.165, 1.54) is 21.1 Å². The van der Waals surface area contributed by atoms with Gasteiger partial charge in [-0.1, -0.05) is 30.3 Å². The van der Waals surface area contributed by atoms with E-state index < -0.39 is 0 Å². The lowest BCUT2D eigenvalue weighted by molar-refractivity contribution is 0.642. The predicted octanol–water partition coefficient (Wildman–Crippen LogP) is 2.57. The van der Waals surface area contributed by atoms with Gasteiger partial charge in [-0.15, -0.1) is 11.3 Å². The Morgan fingerprint density at radius 3 is 2.88 bits per heavy atom. The largest absolute Gasteiger partial charge is 0.311 e. The van der Waals surface area contributed by atoms with Gasteiger partial charge in [0.05, 0.1) is 10.7 Å². The predicted molar refractivity (Wildman–Crippen MR) is 71.4 cm³/mol. The molecule has 0 saturated heterocycles. The lowest BCUT2D eigenvalue weighted by Crippen LogP contribution is -2.22. The first-order valence-electron chi connectivity index (χ1n) is 6.14. The zero-order valence-electron chi connectivity index (χ0n) is 9.78. The molecule has 0 fully saturated rings. The summed E-state index contributed by atoms with van der Waals surface area (Å²) < 4.78 is 0. The van der Waals surface area contributed by atoms with Crippen molar-refractivity contribution in [3.05, 3.63) is 51.5 Å². The monoisotopic (exact) mass is 244 g/mol. The molecule has 0 unspecified atom stereocenters. The number of hydrogen-bond acceptors (Lipinski definition) is 3. The molecule has 1 aliphatic rings. The Hall–Kier alpha value is -1.19. The Morgan fingerprint density at radius 2 is 2.06 bits per heavy atom. The topological polar surface area (TPSA) is 24.9 Å². The van der Waals surface area contributed by atoms with Crippen LogP contribution in [0, 0.1) is 0 Å². The minimum atomic E-state index is 1.01. The minimum Gasteiger partial charge on any atom is -0.311 e. The molecular weight excluding hydrogens is 228 g/mol. The van der Waals surface area contributed by atoms with Crippen LogP contribution in [0.2, 0.25) is 0 Å². The molecule has 1 aromatic heterocycles. The summed E-state index contributed by atoms with van der Waals surface area (Å²) >= 11 is 1.88. The second kappa shape index (κ2) is 4.98. The Morgan fingerprint density at radius 1 is 1.18 bits per heavy atom. The van der Waals surface area contributed by atoms with Gasteiger partial charge in [-0.25, -0.2) is 4.98 Å². The summed E-state index contributed by atoms with van der Waals surface area (Å²) in [6.45, 7) is 2.09. The smallest absolute Gasteiger partial charge is 0.0934 e. The van der Waals surface area contributed by atoms with Crippen LogP contribution in [-0.4, -0.2) is 11.5 Å². The highest BCUT2D eigenvalue weighted by Gasteiger charge is 2.14. The Bertz CT molecular complexity index is 467. The van der Waals surface area contributed by atoms with E-state index in [0.29, 0.717) is 0 Å². The Kier molecular flexibility index (Phi) is 3.20. The summed E-state index contributed by atoms with van der Waals surface area (Å²) in [7, 11) is 0. The summed E-state index contributed by atoms with van der Waals surface area (Å²) in [4.78, 5) is 6.19. The third-order valence-corrected chi connectivity index (χ3v) is 4.27. The average molecular weight is 244 g/mol. The van der Waals surface area contributed by atoms with Gasteiger partial charge >= 0.3 is 0 Å². The van der Waals surface area contributed by atoms with E-state index in [9.17, 15) is 0 Å². The van der Waals surface area contributed by atoms with Crippen molar-refractivity contribution in [1.82, 2.24) is 10.3 Å². The number of aromatic nitrogens is 1. The number of benzene rings is 1. The van der Waals surface area contributed by atoms with Gasteiger partial charge < -0.3 is 5.32 Å². The fraction of sp³-hybridized carbons (Fsp3) is 0.357. The van der Waals surface area contributed by atoms with Gasteiger partial charge in [-0.05, 0) is 12.0 Å². The van der Waals surface area contributed by atoms with Crippen molar-refractivity contribution in [1.29, 1.82) is 0 Å². The number of rotatable bonds is 3. The zero-order chi connectivity index (χ0) is 11.5. The maximum absolute atomic E-state index is 4.74. The Labute approximate surface area is 106 Å². The standard InChI is InChI=1S/C14H16N2S/c1-2-4-11(5-3-1)6-7-14-16-12-8-9-15-10-13(12)17-14/h1-5,15H,6-10H2. The molecule has 3 rings (SSSR count). The third-order valence-electron chi connectivity index (χ3n) is 3.12. The number of nitrogens with zero attached hydrogens (tertiary/aromatic N) is 1. The van der Waals surface area contributed by atoms with Gasteiger partial charge in [0.1, 0.15) is 0 Å². The van der Waals surface area contributed by atoms with Crippen LogP contribution >= 0.6 is 11.3 Å². The minimum absolute atomic E-state index is 1.01. The molecule has 0 atom stereocenters. The molecule has 2 aromatic rings. The van der Waals surface area contributed by atoms with E-state index in [-0.39, 0.29) is 0 Å². The summed E-state index contributed by atoms with van der Waals surface area (Å²) in [5.41, 5.74) is 2.73. The van der Waals surface area contributed by atoms with E-state index >= 15 is 0 Å². The molecule has 0 bridgehead atoms. The summed E-state index contributed by atoms with van der Waals surface area (Å²) in [6.07, 6.45) is 3.26. The van der Waals surface area contributed by atoms with Crippen molar-refractivity contribution in [3.8, 4) is 0 Å². The van der Waals surface area contributed by atoms with Crippen LogP contribution in [-0.2, 0) is 25.8 Å². The fourth-order valence-electron chi connectivity index (χ4n) is 2.18. The van der Waals surface area contributed by atoms with E-state index in [4.69, 9.17) is 4.98 Å². The molecule has 1 aliphatic heterocycles. The number of nitrogens with one attached hydrogen (secondary N) is 1. The summed E-state index contributed by atoms with van der Waals surface area (Å²) in [5, 5.41) is 4.69. The van der Waals surface area contributed by atoms with E-state index in [1.54, 1.807) is 0 Å². The van der Waals surface area contributed by atoms with Gasteiger partial charge in [0.2, 0.25) is 0 Å². The van der Waals surface area contributed by atoms with E-state index in [1.807, 2.05) is 11.3 Å². The quantitative estimate of drug-likeness (QED) is 0.897. The van der Waals surface area contributed by atoms with Gasteiger partial charge in [-0.2, -0.15) is 0 Å². The molecule has 0 radical (unpaired) electrons. The normalized spacial score (nSPS) is 14.6. The Balaban J connectivity index is 1.67. The highest BCUT2D eigenvalue weighted by molar-refractivity contribution is 7.11. The lowest BCUT2D eigenvalue weighted by atomic mass is 10.1. The summed E-state index contributed by atoms with van der Waals surface area (Å²) in [5.74, 6) is 0. The zero-order valence-corrected chi connectivity index (χ0v) is 10.6. The number of thiazole rings is 1. The SMILES string of the molecule is c1ccc(CCc2nc3c(s2)CNCC3)cc1. The molecule has 0 spiro atoms. The number of fused-ring (bicyclic) bond motifs is 1. The second-order valence-corrected chi connectivity index (χ2v) is 5.56. The molecule has 17 heavy (non-hydrogen) atoms. The lowest BCUT2D eigenvalue weighted by Gasteiger charge is -2.09. The molecule has 1 N–H and O–H groups in total. The van der Waals surface area contributed by atoms with Crippen molar-refractivity contribution >= 4 is 11.3 Å². The number of hydrogen-bond donors (Lipinski definition) is 1. The van der Waals surface area contributed by atoms with Crippen LogP contribution in [0.4, 0.5) is 0 Å². The average Bonchev–Trinajstić information content (AvgIpc) is 2.80. The van der Waals surface area contributed by atoms with Crippen molar-refractivity contribution in [2.75, 3.05) is 6.54 Å². The first-order valence-corrected chi connectivity index (χ1v) is 6.95. The van der Waals surface area contributed by atoms with Crippen molar-refractivity contribution in [2.45, 2.75) is 25.8 Å². The fourth-order valence-corrected chi connectivity index (χ4v) is 3.27. The van der Waals surface area contributed by atoms with Crippen LogP contribution in [0.3, 0.4) is 0 Å². The van der Waals surface area contributed by atoms with Gasteiger partial charge in [-0.3, -0.25) is 0 Å². The molecule has 2 nitrogen and oxygen atoms in total. The molecule has 2 heterocycles. The molecule has 3 heteroatoms. The van der Waals surface area contributed by atoms with Crippen LogP contribution in [0.25, 0.3) is 0 Å². The van der Waals surface area contributed by atoms with Gasteiger partial charge in [0.15, 0.2) is 0 Å². The highest BCUT2D eigenvalue weighted by atomic mass is 32.1. The maximum atomic E-state index is 4.74. The van der Waals surface area contributed by atoms with Crippen molar-refractivity contribution < 1.29 is 0 Å². The van der Waals surface area contributed by atoms with E-state index in [0.717, 1.165) is 32.4 Å². The van der Waals surface area contributed by atoms with Crippen molar-refractivity contribution in [2.24, 2.45) is 0 Å². The molecular formula is C14H16N2S. The van der Waals surface area contributed by atoms with Gasteiger partial charge in [0, 0.05) is 30.8 Å². The molecule has 0 aliphatic carbocycles. The molecule has 1 aromatic carbocycles. The first-order chi connectivity index (χ1) is 8.42. The molecule has 0 saturated carbocycles. The molecule has 0 amide bonds. The van der Waals surface area contributed by atoms with Crippen LogP contribution < -0.4 is 5.32 Å². The highest BCUT2D eigenvalue weighted by Crippen LogP contribution is 2.22.